The second-order valence-corrected chi connectivity index (χ2v) is 9.34. The Bertz CT molecular complexity index is 1400. The van der Waals surface area contributed by atoms with E-state index in [1.165, 1.54) is 4.90 Å². The van der Waals surface area contributed by atoms with E-state index in [1.54, 1.807) is 31.0 Å². The van der Waals surface area contributed by atoms with Gasteiger partial charge in [-0.25, -0.2) is 9.48 Å². The van der Waals surface area contributed by atoms with Gasteiger partial charge in [0.05, 0.1) is 31.3 Å². The standard InChI is InChI=1S/C30H33N5O4/c1-21(2)19-34(30(37)31-25-12-8-9-13-27(25)39-4)20-29(36)32-28-18-26(22-10-6-5-7-11-22)33-35(28)23-14-16-24(38-3)17-15-23/h5-18,21H,19-20H2,1-4H3,(H,31,37)(H,32,36). The predicted octanol–water partition coefficient (Wildman–Crippen LogP) is 5.69. The molecule has 0 saturated heterocycles. The highest BCUT2D eigenvalue weighted by Crippen LogP contribution is 2.26. The van der Waals surface area contributed by atoms with Gasteiger partial charge in [-0.05, 0) is 42.3 Å². The van der Waals surface area contributed by atoms with Crippen molar-refractivity contribution in [1.29, 1.82) is 0 Å². The summed E-state index contributed by atoms with van der Waals surface area (Å²) in [5.74, 6) is 1.54. The molecule has 0 atom stereocenters. The number of anilines is 2. The van der Waals surface area contributed by atoms with Gasteiger partial charge < -0.3 is 25.0 Å². The summed E-state index contributed by atoms with van der Waals surface area (Å²) in [4.78, 5) is 28.0. The number of hydrogen-bond acceptors (Lipinski definition) is 5. The lowest BCUT2D eigenvalue weighted by Gasteiger charge is -2.25. The van der Waals surface area contributed by atoms with E-state index in [9.17, 15) is 9.59 Å². The Labute approximate surface area is 228 Å². The number of amides is 3. The van der Waals surface area contributed by atoms with Crippen molar-refractivity contribution in [1.82, 2.24) is 14.7 Å². The van der Waals surface area contributed by atoms with E-state index in [0.717, 1.165) is 11.3 Å². The Morgan fingerprint density at radius 2 is 1.59 bits per heavy atom. The topological polar surface area (TPSA) is 97.7 Å². The van der Waals surface area contributed by atoms with Crippen LogP contribution in [0.3, 0.4) is 0 Å². The van der Waals surface area contributed by atoms with Crippen molar-refractivity contribution in [3.63, 3.8) is 0 Å². The molecule has 0 aliphatic rings. The van der Waals surface area contributed by atoms with Crippen LogP contribution in [-0.2, 0) is 4.79 Å². The molecule has 1 heterocycles. The first-order chi connectivity index (χ1) is 18.9. The van der Waals surface area contributed by atoms with Gasteiger partial charge in [0, 0.05) is 18.2 Å². The number of nitrogens with one attached hydrogen (secondary N) is 2. The second kappa shape index (κ2) is 12.6. The third kappa shape index (κ3) is 6.95. The molecule has 1 aromatic heterocycles. The van der Waals surface area contributed by atoms with E-state index in [-0.39, 0.29) is 18.4 Å². The van der Waals surface area contributed by atoms with Gasteiger partial charge in [-0.3, -0.25) is 4.79 Å². The van der Waals surface area contributed by atoms with Crippen molar-refractivity contribution in [3.05, 3.63) is 84.9 Å². The van der Waals surface area contributed by atoms with Crippen LogP contribution in [0.15, 0.2) is 84.9 Å². The molecule has 0 fully saturated rings. The van der Waals surface area contributed by atoms with E-state index >= 15 is 0 Å². The zero-order valence-corrected chi connectivity index (χ0v) is 22.5. The van der Waals surface area contributed by atoms with Crippen LogP contribution < -0.4 is 20.1 Å². The average Bonchev–Trinajstić information content (AvgIpc) is 3.36. The predicted molar refractivity (Wildman–Crippen MR) is 153 cm³/mol. The smallest absolute Gasteiger partial charge is 0.322 e. The molecule has 39 heavy (non-hydrogen) atoms. The van der Waals surface area contributed by atoms with Crippen molar-refractivity contribution < 1.29 is 19.1 Å². The molecule has 202 valence electrons. The Kier molecular flexibility index (Phi) is 8.83. The summed E-state index contributed by atoms with van der Waals surface area (Å²) >= 11 is 0. The molecule has 0 bridgehead atoms. The second-order valence-electron chi connectivity index (χ2n) is 9.34. The van der Waals surface area contributed by atoms with Gasteiger partial charge in [-0.1, -0.05) is 56.3 Å². The number of aromatic nitrogens is 2. The summed E-state index contributed by atoms with van der Waals surface area (Å²) < 4.78 is 12.3. The maximum absolute atomic E-state index is 13.3. The van der Waals surface area contributed by atoms with Crippen molar-refractivity contribution in [2.24, 2.45) is 5.92 Å². The first-order valence-corrected chi connectivity index (χ1v) is 12.7. The van der Waals surface area contributed by atoms with E-state index in [0.29, 0.717) is 35.2 Å². The van der Waals surface area contributed by atoms with Gasteiger partial charge in [0.15, 0.2) is 0 Å². The Balaban J connectivity index is 1.57. The normalized spacial score (nSPS) is 10.7. The fourth-order valence-corrected chi connectivity index (χ4v) is 4.10. The molecule has 9 nitrogen and oxygen atoms in total. The summed E-state index contributed by atoms with van der Waals surface area (Å²) in [5.41, 5.74) is 2.90. The van der Waals surface area contributed by atoms with E-state index in [1.807, 2.05) is 86.6 Å². The van der Waals surface area contributed by atoms with Crippen LogP contribution in [0.2, 0.25) is 0 Å². The number of carbonyl (C=O) groups excluding carboxylic acids is 2. The highest BCUT2D eigenvalue weighted by Gasteiger charge is 2.21. The Morgan fingerprint density at radius 3 is 2.26 bits per heavy atom. The van der Waals surface area contributed by atoms with Crippen molar-refractivity contribution >= 4 is 23.4 Å². The van der Waals surface area contributed by atoms with E-state index in [2.05, 4.69) is 10.6 Å². The van der Waals surface area contributed by atoms with Crippen molar-refractivity contribution in [2.75, 3.05) is 37.9 Å². The minimum Gasteiger partial charge on any atom is -0.497 e. The van der Waals surface area contributed by atoms with E-state index in [4.69, 9.17) is 14.6 Å². The fraction of sp³-hybridized carbons (Fsp3) is 0.233. The largest absolute Gasteiger partial charge is 0.497 e. The first-order valence-electron chi connectivity index (χ1n) is 12.7. The molecule has 0 radical (unpaired) electrons. The van der Waals surface area contributed by atoms with Crippen LogP contribution in [0.4, 0.5) is 16.3 Å². The maximum atomic E-state index is 13.3. The van der Waals surface area contributed by atoms with Crippen molar-refractivity contribution in [3.8, 4) is 28.4 Å². The van der Waals surface area contributed by atoms with Gasteiger partial charge in [0.25, 0.3) is 0 Å². The third-order valence-electron chi connectivity index (χ3n) is 5.92. The minimum atomic E-state index is -0.392. The molecule has 4 aromatic rings. The van der Waals surface area contributed by atoms with E-state index < -0.39 is 6.03 Å². The van der Waals surface area contributed by atoms with Gasteiger partial charge in [0.2, 0.25) is 5.91 Å². The quantitative estimate of drug-likeness (QED) is 0.276. The molecular formula is C30H33N5O4. The molecule has 0 unspecified atom stereocenters. The van der Waals surface area contributed by atoms with Gasteiger partial charge >= 0.3 is 6.03 Å². The molecular weight excluding hydrogens is 494 g/mol. The Hall–Kier alpha value is -4.79. The number of methoxy groups -OCH3 is 2. The molecule has 3 aromatic carbocycles. The van der Waals surface area contributed by atoms with Crippen molar-refractivity contribution in [2.45, 2.75) is 13.8 Å². The van der Waals surface area contributed by atoms with Crippen LogP contribution in [0.5, 0.6) is 11.5 Å². The lowest BCUT2D eigenvalue weighted by molar-refractivity contribution is -0.116. The summed E-state index contributed by atoms with van der Waals surface area (Å²) in [5, 5.41) is 10.6. The fourth-order valence-electron chi connectivity index (χ4n) is 4.10. The van der Waals surface area contributed by atoms with Gasteiger partial charge in [0.1, 0.15) is 23.9 Å². The van der Waals surface area contributed by atoms with Gasteiger partial charge in [-0.2, -0.15) is 5.10 Å². The minimum absolute atomic E-state index is 0.145. The summed E-state index contributed by atoms with van der Waals surface area (Å²) in [6.45, 7) is 4.23. The number of carbonyl (C=O) groups is 2. The molecule has 4 rings (SSSR count). The molecule has 0 aliphatic heterocycles. The van der Waals surface area contributed by atoms with Crippen LogP contribution >= 0.6 is 0 Å². The van der Waals surface area contributed by atoms with Crippen LogP contribution in [0.1, 0.15) is 13.8 Å². The number of rotatable bonds is 10. The lowest BCUT2D eigenvalue weighted by Crippen LogP contribution is -2.42. The van der Waals surface area contributed by atoms with Crippen LogP contribution in [-0.4, -0.2) is 53.9 Å². The summed E-state index contributed by atoms with van der Waals surface area (Å²) in [6, 6.07) is 25.7. The number of urea groups is 1. The number of hydrogen-bond donors (Lipinski definition) is 2. The maximum Gasteiger partial charge on any atom is 0.322 e. The van der Waals surface area contributed by atoms with Gasteiger partial charge in [-0.15, -0.1) is 0 Å². The number of nitrogens with zero attached hydrogens (tertiary/aromatic N) is 3. The monoisotopic (exact) mass is 527 g/mol. The Morgan fingerprint density at radius 1 is 0.897 bits per heavy atom. The zero-order valence-electron chi connectivity index (χ0n) is 22.5. The molecule has 9 heteroatoms. The molecule has 2 N–H and O–H groups in total. The SMILES string of the molecule is COc1ccc(-n2nc(-c3ccccc3)cc2NC(=O)CN(CC(C)C)C(=O)Nc2ccccc2OC)cc1. The molecule has 0 saturated carbocycles. The average molecular weight is 528 g/mol. The summed E-state index contributed by atoms with van der Waals surface area (Å²) in [6.07, 6.45) is 0. The summed E-state index contributed by atoms with van der Waals surface area (Å²) in [7, 11) is 3.15. The highest BCUT2D eigenvalue weighted by atomic mass is 16.5. The lowest BCUT2D eigenvalue weighted by atomic mass is 10.1. The molecule has 3 amide bonds. The number of benzene rings is 3. The number of para-hydroxylation sites is 2. The zero-order chi connectivity index (χ0) is 27.8. The highest BCUT2D eigenvalue weighted by molar-refractivity contribution is 5.97. The molecule has 0 aliphatic carbocycles. The van der Waals surface area contributed by atoms with Crippen LogP contribution in [0.25, 0.3) is 16.9 Å². The third-order valence-corrected chi connectivity index (χ3v) is 5.92. The first kappa shape index (κ1) is 27.3. The van der Waals surface area contributed by atoms with Crippen LogP contribution in [0, 0.1) is 5.92 Å². The molecule has 0 spiro atoms. The number of ether oxygens (including phenoxy) is 2.